The molecule has 5 heteroatoms. The number of pyridine rings is 1. The van der Waals surface area contributed by atoms with Crippen molar-refractivity contribution < 1.29 is 0 Å². The summed E-state index contributed by atoms with van der Waals surface area (Å²) in [6, 6.07) is 13.9. The number of nitrogens with two attached hydrogens (primary N) is 1. The second kappa shape index (κ2) is 6.07. The molecule has 0 aliphatic rings. The smallest absolute Gasteiger partial charge is 0.123 e. The van der Waals surface area contributed by atoms with Gasteiger partial charge in [0.05, 0.1) is 11.4 Å². The summed E-state index contributed by atoms with van der Waals surface area (Å²) in [6.07, 6.45) is 1.76. The minimum absolute atomic E-state index is 0.719. The van der Waals surface area contributed by atoms with Crippen LogP contribution in [-0.2, 0) is 5.75 Å². The molecular formula is C15H13N3S2. The van der Waals surface area contributed by atoms with Crippen molar-refractivity contribution in [1.29, 1.82) is 0 Å². The van der Waals surface area contributed by atoms with Gasteiger partial charge in [0.25, 0.3) is 0 Å². The molecule has 2 aromatic heterocycles. The SMILES string of the molecule is Nc1cccnc1SCc1csc(-c2ccccc2)n1. The lowest BCUT2D eigenvalue weighted by Crippen LogP contribution is -1.91. The number of nitrogens with zero attached hydrogens (tertiary/aromatic N) is 2. The third-order valence-electron chi connectivity index (χ3n) is 2.73. The Labute approximate surface area is 125 Å². The van der Waals surface area contributed by atoms with Gasteiger partial charge in [0.15, 0.2) is 0 Å². The molecule has 0 fully saturated rings. The van der Waals surface area contributed by atoms with Gasteiger partial charge < -0.3 is 5.73 Å². The number of aromatic nitrogens is 2. The highest BCUT2D eigenvalue weighted by molar-refractivity contribution is 7.98. The molecule has 1 aromatic carbocycles. The highest BCUT2D eigenvalue weighted by Crippen LogP contribution is 2.28. The fourth-order valence-electron chi connectivity index (χ4n) is 1.75. The van der Waals surface area contributed by atoms with Crippen LogP contribution < -0.4 is 5.73 Å². The van der Waals surface area contributed by atoms with Crippen molar-refractivity contribution in [2.75, 3.05) is 5.73 Å². The molecule has 0 saturated carbocycles. The molecule has 0 saturated heterocycles. The Bertz CT molecular complexity index is 695. The normalized spacial score (nSPS) is 10.6. The van der Waals surface area contributed by atoms with Crippen molar-refractivity contribution in [3.8, 4) is 10.6 Å². The van der Waals surface area contributed by atoms with E-state index in [1.807, 2.05) is 30.3 Å². The third kappa shape index (κ3) is 3.00. The van der Waals surface area contributed by atoms with Crippen LogP contribution in [0, 0.1) is 0 Å². The molecule has 0 aliphatic carbocycles. The summed E-state index contributed by atoms with van der Waals surface area (Å²) < 4.78 is 0. The highest BCUT2D eigenvalue weighted by atomic mass is 32.2. The Balaban J connectivity index is 1.71. The molecule has 0 aliphatic heterocycles. The first-order chi connectivity index (χ1) is 9.83. The molecular weight excluding hydrogens is 286 g/mol. The highest BCUT2D eigenvalue weighted by Gasteiger charge is 2.06. The van der Waals surface area contributed by atoms with Gasteiger partial charge in [0, 0.05) is 22.9 Å². The van der Waals surface area contributed by atoms with Crippen LogP contribution in [0.5, 0.6) is 0 Å². The molecule has 3 rings (SSSR count). The Kier molecular flexibility index (Phi) is 3.99. The molecule has 3 nitrogen and oxygen atoms in total. The largest absolute Gasteiger partial charge is 0.397 e. The first-order valence-corrected chi connectivity index (χ1v) is 8.02. The van der Waals surface area contributed by atoms with Crippen molar-refractivity contribution in [2.45, 2.75) is 10.8 Å². The van der Waals surface area contributed by atoms with Crippen LogP contribution >= 0.6 is 23.1 Å². The van der Waals surface area contributed by atoms with E-state index < -0.39 is 0 Å². The van der Waals surface area contributed by atoms with E-state index in [9.17, 15) is 0 Å². The topological polar surface area (TPSA) is 51.8 Å². The van der Waals surface area contributed by atoms with Crippen molar-refractivity contribution >= 4 is 28.8 Å². The second-order valence-electron chi connectivity index (χ2n) is 4.20. The summed E-state index contributed by atoms with van der Waals surface area (Å²) in [5.74, 6) is 0.782. The summed E-state index contributed by atoms with van der Waals surface area (Å²) in [7, 11) is 0. The summed E-state index contributed by atoms with van der Waals surface area (Å²) in [6.45, 7) is 0. The van der Waals surface area contributed by atoms with Crippen LogP contribution in [0.2, 0.25) is 0 Å². The summed E-state index contributed by atoms with van der Waals surface area (Å²) in [5, 5.41) is 4.01. The van der Waals surface area contributed by atoms with Crippen LogP contribution in [0.4, 0.5) is 5.69 Å². The van der Waals surface area contributed by atoms with Gasteiger partial charge >= 0.3 is 0 Å². The molecule has 0 radical (unpaired) electrons. The molecule has 3 aromatic rings. The zero-order valence-corrected chi connectivity index (χ0v) is 12.3. The number of anilines is 1. The third-order valence-corrected chi connectivity index (χ3v) is 4.72. The van der Waals surface area contributed by atoms with E-state index in [4.69, 9.17) is 5.73 Å². The molecule has 2 heterocycles. The van der Waals surface area contributed by atoms with E-state index in [1.165, 1.54) is 0 Å². The molecule has 0 atom stereocenters. The molecule has 0 unspecified atom stereocenters. The molecule has 0 bridgehead atoms. The predicted octanol–water partition coefficient (Wildman–Crippen LogP) is 4.08. The second-order valence-corrected chi connectivity index (χ2v) is 6.02. The minimum Gasteiger partial charge on any atom is -0.397 e. The van der Waals surface area contributed by atoms with Crippen molar-refractivity contribution in [3.63, 3.8) is 0 Å². The monoisotopic (exact) mass is 299 g/mol. The lowest BCUT2D eigenvalue weighted by atomic mass is 10.2. The average Bonchev–Trinajstić information content (AvgIpc) is 2.96. The molecule has 100 valence electrons. The van der Waals surface area contributed by atoms with E-state index in [1.54, 1.807) is 29.3 Å². The van der Waals surface area contributed by atoms with Gasteiger partial charge in [0.2, 0.25) is 0 Å². The first-order valence-electron chi connectivity index (χ1n) is 6.16. The molecule has 0 spiro atoms. The predicted molar refractivity (Wildman–Crippen MR) is 85.8 cm³/mol. The van der Waals surface area contributed by atoms with Gasteiger partial charge in [-0.25, -0.2) is 9.97 Å². The standard InChI is InChI=1S/C15H13N3S2/c16-13-7-4-8-17-15(13)20-10-12-9-19-14(18-12)11-5-2-1-3-6-11/h1-9H,10,16H2. The number of nitrogen functional groups attached to an aromatic ring is 1. The van der Waals surface area contributed by atoms with E-state index >= 15 is 0 Å². The number of rotatable bonds is 4. The van der Waals surface area contributed by atoms with E-state index in [0.29, 0.717) is 0 Å². The van der Waals surface area contributed by atoms with Gasteiger partial charge in [-0.05, 0) is 12.1 Å². The average molecular weight is 299 g/mol. The Morgan fingerprint density at radius 3 is 2.75 bits per heavy atom. The van der Waals surface area contributed by atoms with Crippen molar-refractivity contribution in [3.05, 3.63) is 59.7 Å². The maximum atomic E-state index is 5.88. The molecule has 0 amide bonds. The maximum Gasteiger partial charge on any atom is 0.123 e. The molecule has 2 N–H and O–H groups in total. The van der Waals surface area contributed by atoms with E-state index in [0.717, 1.165) is 32.7 Å². The van der Waals surface area contributed by atoms with Gasteiger partial charge in [-0.15, -0.1) is 11.3 Å². The summed E-state index contributed by atoms with van der Waals surface area (Å²) in [4.78, 5) is 8.93. The maximum absolute atomic E-state index is 5.88. The van der Waals surface area contributed by atoms with Crippen LogP contribution in [-0.4, -0.2) is 9.97 Å². The zero-order valence-electron chi connectivity index (χ0n) is 10.7. The van der Waals surface area contributed by atoms with E-state index in [2.05, 4.69) is 27.5 Å². The zero-order chi connectivity index (χ0) is 13.8. The number of hydrogen-bond donors (Lipinski definition) is 1. The Morgan fingerprint density at radius 1 is 1.10 bits per heavy atom. The number of benzene rings is 1. The minimum atomic E-state index is 0.719. The van der Waals surface area contributed by atoms with Gasteiger partial charge in [-0.3, -0.25) is 0 Å². The van der Waals surface area contributed by atoms with Crippen LogP contribution in [0.15, 0.2) is 59.1 Å². The van der Waals surface area contributed by atoms with Gasteiger partial charge in [0.1, 0.15) is 10.0 Å². The Hall–Kier alpha value is -1.85. The van der Waals surface area contributed by atoms with Gasteiger partial charge in [-0.1, -0.05) is 42.1 Å². The first kappa shape index (κ1) is 13.1. The lowest BCUT2D eigenvalue weighted by molar-refractivity contribution is 1.13. The number of thiazole rings is 1. The van der Waals surface area contributed by atoms with Crippen molar-refractivity contribution in [2.24, 2.45) is 0 Å². The molecule has 20 heavy (non-hydrogen) atoms. The fourth-order valence-corrected chi connectivity index (χ4v) is 3.49. The summed E-state index contributed by atoms with van der Waals surface area (Å²) >= 11 is 3.28. The van der Waals surface area contributed by atoms with Crippen LogP contribution in [0.3, 0.4) is 0 Å². The fraction of sp³-hybridized carbons (Fsp3) is 0.0667. The Morgan fingerprint density at radius 2 is 1.95 bits per heavy atom. The summed E-state index contributed by atoms with van der Waals surface area (Å²) in [5.41, 5.74) is 8.82. The quantitative estimate of drug-likeness (QED) is 0.738. The van der Waals surface area contributed by atoms with E-state index in [-0.39, 0.29) is 0 Å². The van der Waals surface area contributed by atoms with Gasteiger partial charge in [-0.2, -0.15) is 0 Å². The number of thioether (sulfide) groups is 1. The number of hydrogen-bond acceptors (Lipinski definition) is 5. The lowest BCUT2D eigenvalue weighted by Gasteiger charge is -2.01. The van der Waals surface area contributed by atoms with Crippen molar-refractivity contribution in [1.82, 2.24) is 9.97 Å². The van der Waals surface area contributed by atoms with Crippen LogP contribution in [0.1, 0.15) is 5.69 Å². The van der Waals surface area contributed by atoms with Crippen LogP contribution in [0.25, 0.3) is 10.6 Å².